The summed E-state index contributed by atoms with van der Waals surface area (Å²) in [5.74, 6) is 0.827. The molecule has 7 nitrogen and oxygen atoms in total. The van der Waals surface area contributed by atoms with Gasteiger partial charge in [-0.25, -0.2) is 4.79 Å². The predicted molar refractivity (Wildman–Crippen MR) is 122 cm³/mol. The van der Waals surface area contributed by atoms with E-state index < -0.39 is 5.60 Å². The minimum atomic E-state index is -0.529. The summed E-state index contributed by atoms with van der Waals surface area (Å²) in [4.78, 5) is 29.6. The van der Waals surface area contributed by atoms with Crippen LogP contribution in [0.4, 0.5) is 4.79 Å². The van der Waals surface area contributed by atoms with E-state index in [0.29, 0.717) is 39.3 Å². The van der Waals surface area contributed by atoms with Crippen LogP contribution in [0.1, 0.15) is 57.1 Å². The molecule has 1 saturated heterocycles. The molecule has 0 atom stereocenters. The van der Waals surface area contributed by atoms with E-state index in [9.17, 15) is 9.59 Å². The van der Waals surface area contributed by atoms with Crippen LogP contribution in [-0.4, -0.2) is 64.8 Å². The van der Waals surface area contributed by atoms with Crippen LogP contribution in [0.25, 0.3) is 10.9 Å². The first-order valence-corrected chi connectivity index (χ1v) is 11.2. The van der Waals surface area contributed by atoms with E-state index >= 15 is 0 Å². The second-order valence-corrected chi connectivity index (χ2v) is 8.94. The van der Waals surface area contributed by atoms with Gasteiger partial charge in [-0.1, -0.05) is 0 Å². The van der Waals surface area contributed by atoms with Gasteiger partial charge in [-0.05, 0) is 71.7 Å². The van der Waals surface area contributed by atoms with Gasteiger partial charge in [0.25, 0.3) is 5.91 Å². The minimum absolute atomic E-state index is 0.0135. The number of carbonyl (C=O) groups is 2. The van der Waals surface area contributed by atoms with Crippen molar-refractivity contribution in [3.63, 3.8) is 0 Å². The lowest BCUT2D eigenvalue weighted by atomic mass is 10.1. The molecular formula is C24H35N3O4. The molecule has 31 heavy (non-hydrogen) atoms. The lowest BCUT2D eigenvalue weighted by Crippen LogP contribution is -2.40. The van der Waals surface area contributed by atoms with Gasteiger partial charge in [0.05, 0.1) is 6.61 Å². The number of carbonyl (C=O) groups excluding carboxylic acids is 2. The first-order chi connectivity index (χ1) is 14.7. The summed E-state index contributed by atoms with van der Waals surface area (Å²) in [7, 11) is 0. The molecule has 7 heteroatoms. The highest BCUT2D eigenvalue weighted by Crippen LogP contribution is 2.30. The van der Waals surface area contributed by atoms with Crippen molar-refractivity contribution < 1.29 is 19.1 Å². The molecule has 0 spiro atoms. The Morgan fingerprint density at radius 2 is 1.71 bits per heavy atom. The number of hydrogen-bond donors (Lipinski definition) is 0. The topological polar surface area (TPSA) is 64.0 Å². The van der Waals surface area contributed by atoms with Gasteiger partial charge >= 0.3 is 6.09 Å². The van der Waals surface area contributed by atoms with E-state index in [-0.39, 0.29) is 12.0 Å². The average Bonchev–Trinajstić information content (AvgIpc) is 2.85. The molecule has 170 valence electrons. The van der Waals surface area contributed by atoms with Gasteiger partial charge in [-0.15, -0.1) is 0 Å². The SMILES string of the molecule is CCOc1ccc2c(c1)c(C)c(C(=O)N1CCCN(C(=O)OC(C)(C)C)CC1)n2CC. The van der Waals surface area contributed by atoms with Crippen molar-refractivity contribution in [2.24, 2.45) is 0 Å². The first kappa shape index (κ1) is 23.0. The first-order valence-electron chi connectivity index (χ1n) is 11.2. The normalized spacial score (nSPS) is 15.2. The summed E-state index contributed by atoms with van der Waals surface area (Å²) in [6.07, 6.45) is 0.411. The molecule has 1 fully saturated rings. The van der Waals surface area contributed by atoms with Gasteiger partial charge in [0.1, 0.15) is 17.0 Å². The Morgan fingerprint density at radius 1 is 1.03 bits per heavy atom. The number of fused-ring (bicyclic) bond motifs is 1. The number of benzene rings is 1. The zero-order valence-corrected chi connectivity index (χ0v) is 19.7. The van der Waals surface area contributed by atoms with Crippen LogP contribution in [0.2, 0.25) is 0 Å². The van der Waals surface area contributed by atoms with E-state index in [0.717, 1.165) is 34.3 Å². The van der Waals surface area contributed by atoms with Crippen molar-refractivity contribution in [1.82, 2.24) is 14.4 Å². The number of amides is 2. The zero-order valence-electron chi connectivity index (χ0n) is 19.7. The number of aromatic nitrogens is 1. The second-order valence-electron chi connectivity index (χ2n) is 8.94. The number of nitrogens with zero attached hydrogens (tertiary/aromatic N) is 3. The van der Waals surface area contributed by atoms with Crippen LogP contribution < -0.4 is 4.74 Å². The van der Waals surface area contributed by atoms with Gasteiger partial charge in [0.15, 0.2) is 0 Å². The van der Waals surface area contributed by atoms with E-state index in [1.54, 1.807) is 4.90 Å². The Kier molecular flexibility index (Phi) is 6.82. The van der Waals surface area contributed by atoms with Crippen molar-refractivity contribution in [2.45, 2.75) is 60.1 Å². The monoisotopic (exact) mass is 429 g/mol. The van der Waals surface area contributed by atoms with Crippen molar-refractivity contribution in [2.75, 3.05) is 32.8 Å². The summed E-state index contributed by atoms with van der Waals surface area (Å²) >= 11 is 0. The quantitative estimate of drug-likeness (QED) is 0.720. The smallest absolute Gasteiger partial charge is 0.410 e. The fourth-order valence-electron chi connectivity index (χ4n) is 4.14. The van der Waals surface area contributed by atoms with E-state index in [2.05, 4.69) is 11.5 Å². The van der Waals surface area contributed by atoms with Gasteiger partial charge in [-0.3, -0.25) is 4.79 Å². The highest BCUT2D eigenvalue weighted by atomic mass is 16.6. The Bertz CT molecular complexity index is 958. The van der Waals surface area contributed by atoms with Crippen molar-refractivity contribution in [3.05, 3.63) is 29.5 Å². The molecule has 2 aromatic rings. The van der Waals surface area contributed by atoms with Crippen LogP contribution in [0, 0.1) is 6.92 Å². The maximum absolute atomic E-state index is 13.6. The third-order valence-electron chi connectivity index (χ3n) is 5.55. The number of rotatable bonds is 4. The lowest BCUT2D eigenvalue weighted by Gasteiger charge is -2.26. The molecule has 0 aliphatic carbocycles. The summed E-state index contributed by atoms with van der Waals surface area (Å²) < 4.78 is 13.2. The molecule has 2 heterocycles. The van der Waals surface area contributed by atoms with E-state index in [4.69, 9.17) is 9.47 Å². The Hall–Kier alpha value is -2.70. The average molecular weight is 430 g/mol. The predicted octanol–water partition coefficient (Wildman–Crippen LogP) is 4.45. The summed E-state index contributed by atoms with van der Waals surface area (Å²) in [6, 6.07) is 6.00. The molecule has 0 radical (unpaired) electrons. The molecule has 1 aromatic carbocycles. The standard InChI is InChI=1S/C24H35N3O4/c1-7-27-20-11-10-18(30-8-2)16-19(20)17(3)21(27)22(28)25-12-9-13-26(15-14-25)23(29)31-24(4,5)6/h10-11,16H,7-9,12-15H2,1-6H3. The molecule has 2 amide bonds. The van der Waals surface area contributed by atoms with Crippen molar-refractivity contribution in [1.29, 1.82) is 0 Å². The highest BCUT2D eigenvalue weighted by Gasteiger charge is 2.29. The highest BCUT2D eigenvalue weighted by molar-refractivity contribution is 6.02. The Morgan fingerprint density at radius 3 is 2.35 bits per heavy atom. The summed E-state index contributed by atoms with van der Waals surface area (Å²) in [5.41, 5.74) is 2.20. The summed E-state index contributed by atoms with van der Waals surface area (Å²) in [5, 5.41) is 1.04. The second kappa shape index (κ2) is 9.20. The van der Waals surface area contributed by atoms with E-state index in [1.807, 2.05) is 57.7 Å². The molecule has 0 bridgehead atoms. The van der Waals surface area contributed by atoms with Crippen molar-refractivity contribution >= 4 is 22.9 Å². The zero-order chi connectivity index (χ0) is 22.8. The van der Waals surface area contributed by atoms with Crippen LogP contribution in [0.15, 0.2) is 18.2 Å². The molecule has 1 aliphatic rings. The van der Waals surface area contributed by atoms with Crippen molar-refractivity contribution in [3.8, 4) is 5.75 Å². The molecule has 0 N–H and O–H groups in total. The maximum atomic E-state index is 13.6. The van der Waals surface area contributed by atoms with Crippen LogP contribution >= 0.6 is 0 Å². The number of aryl methyl sites for hydroxylation is 2. The van der Waals surface area contributed by atoms with Crippen LogP contribution in [0.3, 0.4) is 0 Å². The van der Waals surface area contributed by atoms with Crippen LogP contribution in [0.5, 0.6) is 5.75 Å². The van der Waals surface area contributed by atoms with Gasteiger partial charge in [0, 0.05) is 43.6 Å². The maximum Gasteiger partial charge on any atom is 0.410 e. The van der Waals surface area contributed by atoms with Crippen LogP contribution in [-0.2, 0) is 11.3 Å². The molecule has 1 aromatic heterocycles. The molecule has 1 aliphatic heterocycles. The third kappa shape index (κ3) is 4.97. The minimum Gasteiger partial charge on any atom is -0.494 e. The van der Waals surface area contributed by atoms with Gasteiger partial charge < -0.3 is 23.8 Å². The van der Waals surface area contributed by atoms with Gasteiger partial charge in [0.2, 0.25) is 0 Å². The number of hydrogen-bond acceptors (Lipinski definition) is 4. The van der Waals surface area contributed by atoms with E-state index in [1.165, 1.54) is 0 Å². The largest absolute Gasteiger partial charge is 0.494 e. The Balaban J connectivity index is 1.84. The molecular weight excluding hydrogens is 394 g/mol. The lowest BCUT2D eigenvalue weighted by molar-refractivity contribution is 0.0255. The molecule has 3 rings (SSSR count). The number of ether oxygens (including phenoxy) is 2. The Labute approximate surface area is 184 Å². The van der Waals surface area contributed by atoms with Gasteiger partial charge in [-0.2, -0.15) is 0 Å². The molecule has 0 unspecified atom stereocenters. The molecule has 0 saturated carbocycles. The summed E-state index contributed by atoms with van der Waals surface area (Å²) in [6.45, 7) is 15.1. The fourth-order valence-corrected chi connectivity index (χ4v) is 4.14. The fraction of sp³-hybridized carbons (Fsp3) is 0.583. The third-order valence-corrected chi connectivity index (χ3v) is 5.55.